The van der Waals surface area contributed by atoms with Crippen LogP contribution in [0, 0.1) is 0 Å². The van der Waals surface area contributed by atoms with Crippen molar-refractivity contribution in [2.24, 2.45) is 0 Å². The molecule has 0 spiro atoms. The molecule has 4 rings (SSSR count). The van der Waals surface area contributed by atoms with Gasteiger partial charge >= 0.3 is 0 Å². The van der Waals surface area contributed by atoms with Gasteiger partial charge in [0.1, 0.15) is 0 Å². The minimum Gasteiger partial charge on any atom is -0.322 e. The van der Waals surface area contributed by atoms with Gasteiger partial charge < -0.3 is 5.32 Å². The molecule has 28 heavy (non-hydrogen) atoms. The third-order valence-electron chi connectivity index (χ3n) is 4.51. The summed E-state index contributed by atoms with van der Waals surface area (Å²) in [5.74, 6) is -0.900. The molecule has 3 aromatic rings. The Morgan fingerprint density at radius 1 is 0.786 bits per heavy atom. The fraction of sp³-hybridized carbons (Fsp3) is 0. The van der Waals surface area contributed by atoms with Crippen LogP contribution in [0.4, 0.5) is 5.69 Å². The van der Waals surface area contributed by atoms with Gasteiger partial charge in [0.25, 0.3) is 0 Å². The van der Waals surface area contributed by atoms with E-state index in [0.717, 1.165) is 5.56 Å². The number of carbonyl (C=O) groups is 3. The second kappa shape index (κ2) is 7.25. The van der Waals surface area contributed by atoms with Crippen LogP contribution >= 0.6 is 11.6 Å². The Bertz CT molecular complexity index is 1150. The number of rotatable bonds is 3. The fourth-order valence-corrected chi connectivity index (χ4v) is 3.30. The molecular formula is C23H14ClNO3. The Hall–Kier alpha value is -3.50. The normalized spacial score (nSPS) is 12.6. The van der Waals surface area contributed by atoms with Gasteiger partial charge in [-0.1, -0.05) is 60.1 Å². The van der Waals surface area contributed by atoms with Crippen LogP contribution in [-0.4, -0.2) is 17.5 Å². The minimum atomic E-state index is -0.401. The van der Waals surface area contributed by atoms with E-state index in [1.165, 1.54) is 6.08 Å². The molecule has 1 amide bonds. The summed E-state index contributed by atoms with van der Waals surface area (Å²) in [7, 11) is 0. The molecule has 1 aliphatic carbocycles. The Balaban J connectivity index is 1.63. The number of carbonyl (C=O) groups excluding carboxylic acids is 3. The molecule has 5 heteroatoms. The van der Waals surface area contributed by atoms with Crippen molar-refractivity contribution in [2.45, 2.75) is 0 Å². The molecule has 0 unspecified atom stereocenters. The molecule has 3 aromatic carbocycles. The molecule has 1 N–H and O–H groups in total. The summed E-state index contributed by atoms with van der Waals surface area (Å²) in [6.45, 7) is 0. The van der Waals surface area contributed by atoms with Gasteiger partial charge in [0.15, 0.2) is 11.6 Å². The van der Waals surface area contributed by atoms with E-state index in [4.69, 9.17) is 11.6 Å². The molecule has 0 bridgehead atoms. The van der Waals surface area contributed by atoms with Crippen LogP contribution in [0.3, 0.4) is 0 Å². The van der Waals surface area contributed by atoms with Gasteiger partial charge in [-0.2, -0.15) is 0 Å². The first kappa shape index (κ1) is 17.9. The Morgan fingerprint density at radius 2 is 1.43 bits per heavy atom. The zero-order valence-corrected chi connectivity index (χ0v) is 15.4. The largest absolute Gasteiger partial charge is 0.322 e. The SMILES string of the molecule is O=C(C=Cc1ccc(Cl)cc1)Nc1cccc2c1C(=O)c1ccccc1C2=O. The van der Waals surface area contributed by atoms with Crippen LogP contribution < -0.4 is 5.32 Å². The van der Waals surface area contributed by atoms with Crippen LogP contribution in [0.5, 0.6) is 0 Å². The number of ketones is 2. The van der Waals surface area contributed by atoms with E-state index in [1.54, 1.807) is 72.8 Å². The van der Waals surface area contributed by atoms with Crippen LogP contribution in [-0.2, 0) is 4.79 Å². The van der Waals surface area contributed by atoms with Gasteiger partial charge in [-0.3, -0.25) is 14.4 Å². The predicted octanol–water partition coefficient (Wildman–Crippen LogP) is 4.77. The Morgan fingerprint density at radius 3 is 2.14 bits per heavy atom. The van der Waals surface area contributed by atoms with Gasteiger partial charge in [-0.15, -0.1) is 0 Å². The number of halogens is 1. The van der Waals surface area contributed by atoms with E-state index in [1.807, 2.05) is 0 Å². The van der Waals surface area contributed by atoms with Gasteiger partial charge in [0.05, 0.1) is 11.3 Å². The van der Waals surface area contributed by atoms with E-state index >= 15 is 0 Å². The lowest BCUT2D eigenvalue weighted by Gasteiger charge is -2.20. The quantitative estimate of drug-likeness (QED) is 0.515. The third kappa shape index (κ3) is 3.26. The molecule has 0 saturated heterocycles. The smallest absolute Gasteiger partial charge is 0.248 e. The summed E-state index contributed by atoms with van der Waals surface area (Å²) >= 11 is 5.85. The summed E-state index contributed by atoms with van der Waals surface area (Å²) in [5.41, 5.74) is 2.37. The average Bonchev–Trinajstić information content (AvgIpc) is 2.71. The molecule has 4 nitrogen and oxygen atoms in total. The van der Waals surface area contributed by atoms with E-state index < -0.39 is 5.91 Å². The Labute approximate surface area is 166 Å². The second-order valence-electron chi connectivity index (χ2n) is 6.31. The molecule has 0 atom stereocenters. The molecule has 136 valence electrons. The maximum Gasteiger partial charge on any atom is 0.248 e. The summed E-state index contributed by atoms with van der Waals surface area (Å²) in [6.07, 6.45) is 3.01. The van der Waals surface area contributed by atoms with E-state index in [-0.39, 0.29) is 17.1 Å². The molecule has 0 aromatic heterocycles. The van der Waals surface area contributed by atoms with Crippen molar-refractivity contribution in [2.75, 3.05) is 5.32 Å². The van der Waals surface area contributed by atoms with Crippen molar-refractivity contribution in [3.05, 3.63) is 106 Å². The zero-order chi connectivity index (χ0) is 19.7. The standard InChI is InChI=1S/C23H14ClNO3/c24-15-11-8-14(9-12-15)10-13-20(26)25-19-7-3-6-18-21(19)23(28)17-5-2-1-4-16(17)22(18)27/h1-13H,(H,25,26). The number of benzene rings is 3. The van der Waals surface area contributed by atoms with Gasteiger partial charge in [0.2, 0.25) is 5.91 Å². The van der Waals surface area contributed by atoms with Crippen molar-refractivity contribution in [1.29, 1.82) is 0 Å². The van der Waals surface area contributed by atoms with Gasteiger partial charge in [-0.05, 0) is 29.8 Å². The van der Waals surface area contributed by atoms with E-state index in [2.05, 4.69) is 5.32 Å². The van der Waals surface area contributed by atoms with Crippen LogP contribution in [0.2, 0.25) is 5.02 Å². The predicted molar refractivity (Wildman–Crippen MR) is 109 cm³/mol. The van der Waals surface area contributed by atoms with E-state index in [0.29, 0.717) is 27.4 Å². The maximum absolute atomic E-state index is 12.9. The van der Waals surface area contributed by atoms with Crippen molar-refractivity contribution < 1.29 is 14.4 Å². The van der Waals surface area contributed by atoms with Crippen molar-refractivity contribution in [3.63, 3.8) is 0 Å². The highest BCUT2D eigenvalue weighted by atomic mass is 35.5. The summed E-state index contributed by atoms with van der Waals surface area (Å²) in [5, 5.41) is 3.32. The van der Waals surface area contributed by atoms with Crippen molar-refractivity contribution in [1.82, 2.24) is 0 Å². The number of nitrogens with one attached hydrogen (secondary N) is 1. The lowest BCUT2D eigenvalue weighted by atomic mass is 9.83. The highest BCUT2D eigenvalue weighted by Crippen LogP contribution is 2.31. The van der Waals surface area contributed by atoms with Gasteiger partial charge in [0, 0.05) is 27.8 Å². The van der Waals surface area contributed by atoms with E-state index in [9.17, 15) is 14.4 Å². The number of hydrogen-bond donors (Lipinski definition) is 1. The molecule has 0 fully saturated rings. The van der Waals surface area contributed by atoms with Crippen molar-refractivity contribution >= 4 is 40.8 Å². The van der Waals surface area contributed by atoms with Crippen LogP contribution in [0.25, 0.3) is 6.08 Å². The monoisotopic (exact) mass is 387 g/mol. The molecule has 0 heterocycles. The fourth-order valence-electron chi connectivity index (χ4n) is 3.17. The average molecular weight is 388 g/mol. The highest BCUT2D eigenvalue weighted by molar-refractivity contribution is 6.31. The molecule has 0 aliphatic heterocycles. The molecular weight excluding hydrogens is 374 g/mol. The van der Waals surface area contributed by atoms with Crippen molar-refractivity contribution in [3.8, 4) is 0 Å². The van der Waals surface area contributed by atoms with Crippen LogP contribution in [0.1, 0.15) is 37.4 Å². The minimum absolute atomic E-state index is 0.222. The lowest BCUT2D eigenvalue weighted by Crippen LogP contribution is -2.23. The first-order valence-electron chi connectivity index (χ1n) is 8.60. The second-order valence-corrected chi connectivity index (χ2v) is 6.74. The lowest BCUT2D eigenvalue weighted by molar-refractivity contribution is -0.111. The first-order valence-corrected chi connectivity index (χ1v) is 8.98. The first-order chi connectivity index (χ1) is 13.5. The number of amides is 1. The summed E-state index contributed by atoms with van der Waals surface area (Å²) in [4.78, 5) is 38.0. The zero-order valence-electron chi connectivity index (χ0n) is 14.6. The van der Waals surface area contributed by atoms with Gasteiger partial charge in [-0.25, -0.2) is 0 Å². The topological polar surface area (TPSA) is 63.2 Å². The highest BCUT2D eigenvalue weighted by Gasteiger charge is 2.31. The third-order valence-corrected chi connectivity index (χ3v) is 4.76. The molecule has 0 saturated carbocycles. The van der Waals surface area contributed by atoms with Crippen LogP contribution in [0.15, 0.2) is 72.8 Å². The number of anilines is 1. The molecule has 1 aliphatic rings. The molecule has 0 radical (unpaired) electrons. The maximum atomic E-state index is 12.9. The number of fused-ring (bicyclic) bond motifs is 2. The summed E-state index contributed by atoms with van der Waals surface area (Å²) in [6, 6.07) is 18.6. The Kier molecular flexibility index (Phi) is 4.63. The summed E-state index contributed by atoms with van der Waals surface area (Å²) < 4.78 is 0. The number of hydrogen-bond acceptors (Lipinski definition) is 3.